The maximum absolute atomic E-state index is 12.1. The summed E-state index contributed by atoms with van der Waals surface area (Å²) in [4.78, 5) is 35.7. The number of benzene rings is 2. The van der Waals surface area contributed by atoms with Gasteiger partial charge in [-0.2, -0.15) is 0 Å². The van der Waals surface area contributed by atoms with Crippen molar-refractivity contribution in [3.05, 3.63) is 77.4 Å². The van der Waals surface area contributed by atoms with E-state index in [4.69, 9.17) is 4.84 Å². The molecule has 0 bridgehead atoms. The van der Waals surface area contributed by atoms with Gasteiger partial charge in [0.15, 0.2) is 6.23 Å². The van der Waals surface area contributed by atoms with Gasteiger partial charge >= 0.3 is 0 Å². The Kier molecular flexibility index (Phi) is 6.50. The van der Waals surface area contributed by atoms with Crippen molar-refractivity contribution in [2.24, 2.45) is 0 Å². The number of carbonyl (C=O) groups excluding carboxylic acids is 1. The van der Waals surface area contributed by atoms with E-state index in [9.17, 15) is 4.79 Å². The lowest BCUT2D eigenvalue weighted by molar-refractivity contribution is -0.128. The predicted molar refractivity (Wildman–Crippen MR) is 144 cm³/mol. The Morgan fingerprint density at radius 3 is 2.62 bits per heavy atom. The summed E-state index contributed by atoms with van der Waals surface area (Å²) in [6.07, 6.45) is 2.40. The van der Waals surface area contributed by atoms with E-state index in [1.807, 2.05) is 30.3 Å². The van der Waals surface area contributed by atoms with Crippen LogP contribution in [0.25, 0.3) is 21.3 Å². The number of aromatic nitrogens is 5. The fourth-order valence-electron chi connectivity index (χ4n) is 4.77. The van der Waals surface area contributed by atoms with E-state index in [2.05, 4.69) is 60.4 Å². The summed E-state index contributed by atoms with van der Waals surface area (Å²) in [6, 6.07) is 20.3. The Morgan fingerprint density at radius 1 is 1.03 bits per heavy atom. The third kappa shape index (κ3) is 5.03. The molecule has 2 aromatic carbocycles. The molecule has 1 fully saturated rings. The van der Waals surface area contributed by atoms with E-state index in [1.54, 1.807) is 24.6 Å². The highest BCUT2D eigenvalue weighted by Crippen LogP contribution is 2.32. The number of thiophene rings is 1. The summed E-state index contributed by atoms with van der Waals surface area (Å²) in [5.41, 5.74) is 2.82. The highest BCUT2D eigenvalue weighted by molar-refractivity contribution is 7.18. The molecule has 188 valence electrons. The number of carbonyl (C=O) groups is 1. The minimum Gasteiger partial charge on any atom is -0.375 e. The third-order valence-corrected chi connectivity index (χ3v) is 7.65. The highest BCUT2D eigenvalue weighted by atomic mass is 32.1. The first-order chi connectivity index (χ1) is 18.1. The minimum atomic E-state index is -0.422. The molecular weight excluding hydrogens is 486 g/mol. The summed E-state index contributed by atoms with van der Waals surface area (Å²) in [5, 5.41) is 9.41. The van der Waals surface area contributed by atoms with Crippen molar-refractivity contribution in [1.82, 2.24) is 30.0 Å². The second kappa shape index (κ2) is 10.2. The summed E-state index contributed by atoms with van der Waals surface area (Å²) in [6.45, 7) is 4.60. The van der Waals surface area contributed by atoms with E-state index in [1.165, 1.54) is 15.3 Å². The molecule has 4 heterocycles. The first-order valence-electron chi connectivity index (χ1n) is 12.4. The molecule has 6 rings (SSSR count). The van der Waals surface area contributed by atoms with E-state index in [0.29, 0.717) is 0 Å². The van der Waals surface area contributed by atoms with Crippen LogP contribution in [0, 0.1) is 0 Å². The zero-order valence-electron chi connectivity index (χ0n) is 20.5. The van der Waals surface area contributed by atoms with Crippen LogP contribution in [-0.2, 0) is 11.2 Å². The molecule has 37 heavy (non-hydrogen) atoms. The Bertz CT molecular complexity index is 1530. The van der Waals surface area contributed by atoms with Crippen molar-refractivity contribution in [1.29, 1.82) is 0 Å². The molecule has 0 amide bonds. The number of hydrogen-bond donors (Lipinski definition) is 0. The number of hydrogen-bond acceptors (Lipinski definition) is 9. The van der Waals surface area contributed by atoms with Gasteiger partial charge in [0, 0.05) is 37.5 Å². The quantitative estimate of drug-likeness (QED) is 0.311. The van der Waals surface area contributed by atoms with Crippen LogP contribution in [-0.4, -0.2) is 68.2 Å². The summed E-state index contributed by atoms with van der Waals surface area (Å²) in [5.74, 6) is 1.03. The van der Waals surface area contributed by atoms with Crippen molar-refractivity contribution in [3.63, 3.8) is 0 Å². The lowest BCUT2D eigenvalue weighted by Gasteiger charge is -2.38. The summed E-state index contributed by atoms with van der Waals surface area (Å²) < 4.78 is 0. The number of anilines is 1. The standard InChI is InChI=1S/C27H27N7O2S/c1-19(35)15-25(36-34-24-10-6-5-9-23(24)30-31-34)32-11-13-33(14-12-32)26-22-17-21(37-27(22)29-18-28-26)16-20-7-3-2-4-8-20/h2-10,17-18,25H,11-16H2,1H3. The lowest BCUT2D eigenvalue weighted by Crippen LogP contribution is -2.54. The molecule has 1 aliphatic heterocycles. The maximum atomic E-state index is 12.1. The average molecular weight is 514 g/mol. The van der Waals surface area contributed by atoms with Gasteiger partial charge in [0.05, 0.1) is 11.8 Å². The zero-order valence-corrected chi connectivity index (χ0v) is 21.3. The highest BCUT2D eigenvalue weighted by Gasteiger charge is 2.29. The van der Waals surface area contributed by atoms with Crippen LogP contribution in [0.3, 0.4) is 0 Å². The van der Waals surface area contributed by atoms with Crippen LogP contribution in [0.15, 0.2) is 67.0 Å². The van der Waals surface area contributed by atoms with E-state index >= 15 is 0 Å². The number of piperazine rings is 1. The number of Topliss-reactive ketones (excluding diaryl/α,β-unsaturated/α-hetero) is 1. The van der Waals surface area contributed by atoms with Crippen molar-refractivity contribution >= 4 is 44.2 Å². The monoisotopic (exact) mass is 513 g/mol. The normalized spacial score (nSPS) is 15.3. The van der Waals surface area contributed by atoms with Gasteiger partial charge in [-0.25, -0.2) is 9.97 Å². The molecule has 1 atom stereocenters. The van der Waals surface area contributed by atoms with Crippen molar-refractivity contribution in [2.45, 2.75) is 26.0 Å². The van der Waals surface area contributed by atoms with Gasteiger partial charge in [-0.3, -0.25) is 9.69 Å². The number of fused-ring (bicyclic) bond motifs is 2. The van der Waals surface area contributed by atoms with Crippen LogP contribution in [0.1, 0.15) is 23.8 Å². The van der Waals surface area contributed by atoms with Crippen LogP contribution in [0.2, 0.25) is 0 Å². The fourth-order valence-corrected chi connectivity index (χ4v) is 5.79. The molecule has 1 saturated heterocycles. The second-order valence-electron chi connectivity index (χ2n) is 9.23. The van der Waals surface area contributed by atoms with Gasteiger partial charge in [-0.05, 0) is 35.9 Å². The Labute approximate surface area is 218 Å². The molecule has 0 spiro atoms. The van der Waals surface area contributed by atoms with Crippen molar-refractivity contribution in [2.75, 3.05) is 31.1 Å². The van der Waals surface area contributed by atoms with Crippen LogP contribution in [0.4, 0.5) is 5.82 Å². The van der Waals surface area contributed by atoms with Gasteiger partial charge < -0.3 is 9.74 Å². The van der Waals surface area contributed by atoms with Gasteiger partial charge in [0.2, 0.25) is 0 Å². The maximum Gasteiger partial charge on any atom is 0.188 e. The molecule has 0 N–H and O–H groups in total. The van der Waals surface area contributed by atoms with Crippen LogP contribution in [0.5, 0.6) is 0 Å². The smallest absolute Gasteiger partial charge is 0.188 e. The SMILES string of the molecule is CC(=O)CC(On1nnc2ccccc21)N1CCN(c2ncnc3sc(Cc4ccccc4)cc23)CC1. The summed E-state index contributed by atoms with van der Waals surface area (Å²) in [7, 11) is 0. The summed E-state index contributed by atoms with van der Waals surface area (Å²) >= 11 is 1.72. The lowest BCUT2D eigenvalue weighted by atomic mass is 10.1. The van der Waals surface area contributed by atoms with Gasteiger partial charge in [0.1, 0.15) is 33.8 Å². The first-order valence-corrected chi connectivity index (χ1v) is 13.2. The minimum absolute atomic E-state index is 0.0681. The van der Waals surface area contributed by atoms with E-state index in [0.717, 1.165) is 59.7 Å². The third-order valence-electron chi connectivity index (χ3n) is 6.61. The number of rotatable bonds is 8. The predicted octanol–water partition coefficient (Wildman–Crippen LogP) is 3.58. The van der Waals surface area contributed by atoms with Crippen molar-refractivity contribution in [3.8, 4) is 0 Å². The Morgan fingerprint density at radius 2 is 1.81 bits per heavy atom. The molecular formula is C27H27N7O2S. The van der Waals surface area contributed by atoms with Gasteiger partial charge in [-0.15, -0.1) is 16.4 Å². The molecule has 1 unspecified atom stereocenters. The van der Waals surface area contributed by atoms with Gasteiger partial charge in [-0.1, -0.05) is 47.3 Å². The molecule has 0 saturated carbocycles. The first kappa shape index (κ1) is 23.5. The zero-order chi connectivity index (χ0) is 25.2. The molecule has 9 nitrogen and oxygen atoms in total. The Hall–Kier alpha value is -3.89. The van der Waals surface area contributed by atoms with Crippen LogP contribution >= 0.6 is 11.3 Å². The molecule has 3 aromatic heterocycles. The Balaban J connectivity index is 1.18. The number of nitrogens with zero attached hydrogens (tertiary/aromatic N) is 7. The van der Waals surface area contributed by atoms with Crippen LogP contribution < -0.4 is 9.74 Å². The van der Waals surface area contributed by atoms with Gasteiger partial charge in [0.25, 0.3) is 0 Å². The molecule has 10 heteroatoms. The largest absolute Gasteiger partial charge is 0.375 e. The molecule has 0 aliphatic carbocycles. The fraction of sp³-hybridized carbons (Fsp3) is 0.296. The molecule has 5 aromatic rings. The van der Waals surface area contributed by atoms with Crippen molar-refractivity contribution < 1.29 is 9.63 Å². The number of ketones is 1. The second-order valence-corrected chi connectivity index (χ2v) is 10.3. The van der Waals surface area contributed by atoms with E-state index < -0.39 is 6.23 Å². The molecule has 0 radical (unpaired) electrons. The van der Waals surface area contributed by atoms with E-state index in [-0.39, 0.29) is 12.2 Å². The average Bonchev–Trinajstić information content (AvgIpc) is 3.52. The molecule has 1 aliphatic rings. The number of para-hydroxylation sites is 1. The topological polar surface area (TPSA) is 89.3 Å².